The number of non-ortho nitro benzene ring substituents is 1. The molecule has 1 aromatic heterocycles. The van der Waals surface area contributed by atoms with E-state index in [2.05, 4.69) is 0 Å². The topological polar surface area (TPSA) is 106 Å². The van der Waals surface area contributed by atoms with Crippen LogP contribution in [0.25, 0.3) is 11.8 Å². The second kappa shape index (κ2) is 8.86. The molecule has 2 fully saturated rings. The Morgan fingerprint density at radius 2 is 1.85 bits per heavy atom. The summed E-state index contributed by atoms with van der Waals surface area (Å²) in [6.07, 6.45) is 3.56. The number of hydrogen-bond acceptors (Lipinski definition) is 6. The third kappa shape index (κ3) is 4.30. The molecule has 2 saturated heterocycles. The van der Waals surface area contributed by atoms with E-state index >= 15 is 0 Å². The van der Waals surface area contributed by atoms with Crippen molar-refractivity contribution in [1.82, 2.24) is 14.4 Å². The van der Waals surface area contributed by atoms with E-state index in [1.807, 2.05) is 31.4 Å². The average Bonchev–Trinajstić information content (AvgIpc) is 3.45. The molecule has 9 nitrogen and oxygen atoms in total. The summed E-state index contributed by atoms with van der Waals surface area (Å²) in [4.78, 5) is 51.3. The van der Waals surface area contributed by atoms with Crippen LogP contribution in [-0.2, 0) is 9.59 Å². The summed E-state index contributed by atoms with van der Waals surface area (Å²) >= 11 is 0.833. The van der Waals surface area contributed by atoms with E-state index < -0.39 is 16.1 Å². The Hall–Kier alpha value is -3.40. The van der Waals surface area contributed by atoms with Crippen LogP contribution in [0.5, 0.6) is 0 Å². The lowest BCUT2D eigenvalue weighted by molar-refractivity contribution is -0.384. The van der Waals surface area contributed by atoms with Crippen LogP contribution in [0, 0.1) is 30.9 Å². The van der Waals surface area contributed by atoms with Gasteiger partial charge in [-0.05, 0) is 74.7 Å². The maximum atomic E-state index is 12.9. The first-order chi connectivity index (χ1) is 15.7. The van der Waals surface area contributed by atoms with Crippen molar-refractivity contribution in [2.45, 2.75) is 33.6 Å². The Kier molecular flexibility index (Phi) is 6.11. The van der Waals surface area contributed by atoms with Crippen molar-refractivity contribution in [2.24, 2.45) is 0 Å². The fraction of sp³-hybridized carbons (Fsp3) is 0.348. The number of hydrogen-bond donors (Lipinski definition) is 0. The number of aromatic nitrogens is 1. The number of amides is 3. The number of aryl methyl sites for hydroxylation is 2. The number of likely N-dealkylation sites (tertiary alicyclic amines) is 1. The van der Waals surface area contributed by atoms with E-state index in [-0.39, 0.29) is 23.0 Å². The number of nitro benzene ring substituents is 1. The molecule has 0 saturated carbocycles. The Morgan fingerprint density at radius 1 is 1.15 bits per heavy atom. The fourth-order valence-corrected chi connectivity index (χ4v) is 5.12. The standard InChI is InChI=1S/C23H24N4O5S/c1-14-10-18(27(31)32)6-7-19(14)26-15(2)11-17(16(26)3)12-20-22(29)25(23(30)33-20)13-21(28)24-8-4-5-9-24/h6-7,10-12H,4-5,8-9,13H2,1-3H3/b20-12-. The minimum absolute atomic E-state index is 0.0242. The monoisotopic (exact) mass is 468 g/mol. The predicted molar refractivity (Wildman–Crippen MR) is 125 cm³/mol. The largest absolute Gasteiger partial charge is 0.341 e. The van der Waals surface area contributed by atoms with Crippen molar-refractivity contribution in [3.8, 4) is 5.69 Å². The van der Waals surface area contributed by atoms with Crippen molar-refractivity contribution in [1.29, 1.82) is 0 Å². The molecule has 4 rings (SSSR count). The van der Waals surface area contributed by atoms with Gasteiger partial charge in [-0.3, -0.25) is 29.4 Å². The highest BCUT2D eigenvalue weighted by Gasteiger charge is 2.37. The Bertz CT molecular complexity index is 1210. The summed E-state index contributed by atoms with van der Waals surface area (Å²) < 4.78 is 1.96. The summed E-state index contributed by atoms with van der Waals surface area (Å²) in [7, 11) is 0. The van der Waals surface area contributed by atoms with Crippen molar-refractivity contribution in [3.05, 3.63) is 61.8 Å². The third-order valence-electron chi connectivity index (χ3n) is 6.01. The molecule has 0 atom stereocenters. The van der Waals surface area contributed by atoms with Gasteiger partial charge in [0.15, 0.2) is 0 Å². The maximum absolute atomic E-state index is 12.9. The number of imide groups is 1. The van der Waals surface area contributed by atoms with Gasteiger partial charge in [-0.1, -0.05) is 0 Å². The minimum atomic E-state index is -0.464. The van der Waals surface area contributed by atoms with Crippen LogP contribution in [-0.4, -0.2) is 56.0 Å². The molecule has 1 aromatic carbocycles. The van der Waals surface area contributed by atoms with E-state index in [4.69, 9.17) is 0 Å². The van der Waals surface area contributed by atoms with Gasteiger partial charge in [0.25, 0.3) is 16.8 Å². The van der Waals surface area contributed by atoms with Gasteiger partial charge < -0.3 is 9.47 Å². The van der Waals surface area contributed by atoms with Crippen LogP contribution in [0.3, 0.4) is 0 Å². The lowest BCUT2D eigenvalue weighted by Crippen LogP contribution is -2.40. The number of nitro groups is 1. The average molecular weight is 469 g/mol. The van der Waals surface area contributed by atoms with Gasteiger partial charge in [0.2, 0.25) is 5.91 Å². The summed E-state index contributed by atoms with van der Waals surface area (Å²) in [6, 6.07) is 6.59. The molecule has 0 N–H and O–H groups in total. The molecule has 2 aliphatic rings. The highest BCUT2D eigenvalue weighted by Crippen LogP contribution is 2.34. The van der Waals surface area contributed by atoms with Crippen molar-refractivity contribution >= 4 is 40.6 Å². The zero-order valence-corrected chi connectivity index (χ0v) is 19.5. The van der Waals surface area contributed by atoms with Crippen LogP contribution < -0.4 is 0 Å². The molecule has 10 heteroatoms. The van der Waals surface area contributed by atoms with E-state index in [0.717, 1.165) is 57.7 Å². The van der Waals surface area contributed by atoms with Gasteiger partial charge in [0.05, 0.1) is 9.83 Å². The molecule has 0 bridgehead atoms. The molecule has 0 spiro atoms. The lowest BCUT2D eigenvalue weighted by Gasteiger charge is -2.18. The highest BCUT2D eigenvalue weighted by molar-refractivity contribution is 8.18. The van der Waals surface area contributed by atoms with Gasteiger partial charge in [-0.15, -0.1) is 0 Å². The summed E-state index contributed by atoms with van der Waals surface area (Å²) in [5.74, 6) is -0.670. The Labute approximate surface area is 195 Å². The number of thioether (sulfide) groups is 1. The van der Waals surface area contributed by atoms with Crippen LogP contribution in [0.2, 0.25) is 0 Å². The molecular formula is C23H24N4O5S. The first-order valence-corrected chi connectivity index (χ1v) is 11.5. The van der Waals surface area contributed by atoms with E-state index in [1.165, 1.54) is 12.1 Å². The smallest absolute Gasteiger partial charge is 0.294 e. The number of benzene rings is 1. The summed E-state index contributed by atoms with van der Waals surface area (Å²) in [6.45, 7) is 6.71. The minimum Gasteiger partial charge on any atom is -0.341 e. The SMILES string of the molecule is Cc1cc([N+](=O)[O-])ccc1-n1c(C)cc(/C=C2\SC(=O)N(CC(=O)N3CCCC3)C2=O)c1C. The van der Waals surface area contributed by atoms with Crippen LogP contribution in [0.1, 0.15) is 35.4 Å². The molecule has 2 aliphatic heterocycles. The molecule has 3 amide bonds. The van der Waals surface area contributed by atoms with Crippen LogP contribution in [0.4, 0.5) is 10.5 Å². The van der Waals surface area contributed by atoms with Crippen molar-refractivity contribution in [3.63, 3.8) is 0 Å². The molecule has 2 aromatic rings. The second-order valence-electron chi connectivity index (χ2n) is 8.25. The molecule has 3 heterocycles. The Balaban J connectivity index is 1.60. The first-order valence-electron chi connectivity index (χ1n) is 10.6. The molecule has 0 unspecified atom stereocenters. The second-order valence-corrected chi connectivity index (χ2v) is 9.24. The van der Waals surface area contributed by atoms with Gasteiger partial charge in [-0.25, -0.2) is 0 Å². The third-order valence-corrected chi connectivity index (χ3v) is 6.92. The van der Waals surface area contributed by atoms with E-state index in [9.17, 15) is 24.5 Å². The molecule has 0 aliphatic carbocycles. The molecule has 172 valence electrons. The maximum Gasteiger partial charge on any atom is 0.294 e. The quantitative estimate of drug-likeness (QED) is 0.373. The number of nitrogens with zero attached hydrogens (tertiary/aromatic N) is 4. The summed E-state index contributed by atoms with van der Waals surface area (Å²) in [5.41, 5.74) is 4.07. The van der Waals surface area contributed by atoms with Crippen LogP contribution >= 0.6 is 11.8 Å². The van der Waals surface area contributed by atoms with Gasteiger partial charge in [0, 0.05) is 42.3 Å². The number of rotatable bonds is 5. The normalized spacial score (nSPS) is 17.5. The predicted octanol–water partition coefficient (Wildman–Crippen LogP) is 3.97. The molecular weight excluding hydrogens is 444 g/mol. The van der Waals surface area contributed by atoms with E-state index in [0.29, 0.717) is 13.1 Å². The number of carbonyl (C=O) groups is 3. The molecule has 33 heavy (non-hydrogen) atoms. The highest BCUT2D eigenvalue weighted by atomic mass is 32.2. The zero-order chi connectivity index (χ0) is 23.9. The van der Waals surface area contributed by atoms with Gasteiger partial charge in [-0.2, -0.15) is 0 Å². The Morgan fingerprint density at radius 3 is 2.48 bits per heavy atom. The van der Waals surface area contributed by atoms with E-state index in [1.54, 1.807) is 17.0 Å². The van der Waals surface area contributed by atoms with Gasteiger partial charge >= 0.3 is 0 Å². The lowest BCUT2D eigenvalue weighted by atomic mass is 10.1. The number of carbonyl (C=O) groups excluding carboxylic acids is 3. The van der Waals surface area contributed by atoms with Gasteiger partial charge in [0.1, 0.15) is 6.54 Å². The summed E-state index contributed by atoms with van der Waals surface area (Å²) in [5, 5.41) is 10.6. The first kappa shape index (κ1) is 22.8. The van der Waals surface area contributed by atoms with Crippen molar-refractivity contribution < 1.29 is 19.3 Å². The zero-order valence-electron chi connectivity index (χ0n) is 18.7. The fourth-order valence-electron chi connectivity index (χ4n) is 4.29. The van der Waals surface area contributed by atoms with Crippen molar-refractivity contribution in [2.75, 3.05) is 19.6 Å². The van der Waals surface area contributed by atoms with Crippen LogP contribution in [0.15, 0.2) is 29.2 Å². The molecule has 0 radical (unpaired) electrons.